The molecule has 0 aliphatic rings. The van der Waals surface area contributed by atoms with Crippen molar-refractivity contribution in [2.45, 2.75) is 13.1 Å². The van der Waals surface area contributed by atoms with Crippen molar-refractivity contribution in [2.24, 2.45) is 0 Å². The van der Waals surface area contributed by atoms with E-state index in [4.69, 9.17) is 11.6 Å². The Bertz CT molecular complexity index is 676. The van der Waals surface area contributed by atoms with Crippen molar-refractivity contribution >= 4 is 28.6 Å². The van der Waals surface area contributed by atoms with Crippen LogP contribution in [-0.4, -0.2) is 9.78 Å². The van der Waals surface area contributed by atoms with Gasteiger partial charge in [0.2, 0.25) is 0 Å². The molecule has 2 aromatic heterocycles. The van der Waals surface area contributed by atoms with Crippen LogP contribution in [0.15, 0.2) is 54.9 Å². The number of aromatic nitrogens is 2. The van der Waals surface area contributed by atoms with E-state index < -0.39 is 0 Å². The van der Waals surface area contributed by atoms with Crippen molar-refractivity contribution in [1.82, 2.24) is 9.78 Å². The second-order valence-electron chi connectivity index (χ2n) is 4.46. The molecule has 0 saturated heterocycles. The Hall–Kier alpha value is -1.78. The highest BCUT2D eigenvalue weighted by Gasteiger charge is 2.00. The molecule has 3 nitrogen and oxygen atoms in total. The van der Waals surface area contributed by atoms with Crippen molar-refractivity contribution in [3.05, 3.63) is 69.6 Å². The highest BCUT2D eigenvalue weighted by atomic mass is 35.5. The number of anilines is 1. The Kier molecular flexibility index (Phi) is 4.04. The third kappa shape index (κ3) is 3.40. The number of nitrogens with one attached hydrogen (secondary N) is 1. The maximum absolute atomic E-state index is 5.93. The molecule has 102 valence electrons. The minimum atomic E-state index is 0.785. The third-order valence-electron chi connectivity index (χ3n) is 2.93. The van der Waals surface area contributed by atoms with Gasteiger partial charge in [-0.05, 0) is 35.9 Å². The fraction of sp³-hybridized carbons (Fsp3) is 0.133. The topological polar surface area (TPSA) is 29.9 Å². The van der Waals surface area contributed by atoms with E-state index >= 15 is 0 Å². The van der Waals surface area contributed by atoms with E-state index in [2.05, 4.69) is 34.7 Å². The van der Waals surface area contributed by atoms with Crippen LogP contribution >= 0.6 is 22.9 Å². The van der Waals surface area contributed by atoms with Gasteiger partial charge in [-0.2, -0.15) is 5.10 Å². The van der Waals surface area contributed by atoms with Gasteiger partial charge in [-0.15, -0.1) is 11.3 Å². The van der Waals surface area contributed by atoms with E-state index in [-0.39, 0.29) is 0 Å². The Labute approximate surface area is 126 Å². The van der Waals surface area contributed by atoms with Gasteiger partial charge in [0.25, 0.3) is 0 Å². The molecule has 0 fully saturated rings. The molecule has 0 atom stereocenters. The monoisotopic (exact) mass is 303 g/mol. The van der Waals surface area contributed by atoms with Crippen molar-refractivity contribution < 1.29 is 0 Å². The number of hydrogen-bond donors (Lipinski definition) is 1. The molecule has 5 heteroatoms. The largest absolute Gasteiger partial charge is 0.380 e. The molecule has 1 N–H and O–H groups in total. The zero-order chi connectivity index (χ0) is 13.8. The maximum Gasteiger partial charge on any atom is 0.0931 e. The molecule has 0 amide bonds. The summed E-state index contributed by atoms with van der Waals surface area (Å²) in [6.45, 7) is 1.58. The molecule has 0 saturated carbocycles. The standard InChI is InChI=1S/C15H14ClN3S/c16-15-6-5-14(20-15)10-17-13-4-1-3-12(9-13)11-19-8-2-7-18-19/h1-9,17H,10-11H2. The summed E-state index contributed by atoms with van der Waals surface area (Å²) in [4.78, 5) is 1.23. The Morgan fingerprint density at radius 2 is 2.15 bits per heavy atom. The van der Waals surface area contributed by atoms with Gasteiger partial charge >= 0.3 is 0 Å². The molecule has 0 aliphatic carbocycles. The summed E-state index contributed by atoms with van der Waals surface area (Å²) >= 11 is 7.53. The summed E-state index contributed by atoms with van der Waals surface area (Å²) in [6.07, 6.45) is 3.76. The average molecular weight is 304 g/mol. The van der Waals surface area contributed by atoms with Crippen LogP contribution in [-0.2, 0) is 13.1 Å². The summed E-state index contributed by atoms with van der Waals surface area (Å²) in [5.41, 5.74) is 2.34. The van der Waals surface area contributed by atoms with Gasteiger partial charge in [0, 0.05) is 29.5 Å². The maximum atomic E-state index is 5.93. The molecule has 0 unspecified atom stereocenters. The van der Waals surface area contributed by atoms with Gasteiger partial charge in [0.15, 0.2) is 0 Å². The van der Waals surface area contributed by atoms with Gasteiger partial charge in [-0.1, -0.05) is 23.7 Å². The lowest BCUT2D eigenvalue weighted by molar-refractivity contribution is 0.687. The van der Waals surface area contributed by atoms with Gasteiger partial charge in [0.05, 0.1) is 10.9 Å². The van der Waals surface area contributed by atoms with E-state index in [1.165, 1.54) is 10.4 Å². The highest BCUT2D eigenvalue weighted by Crippen LogP contribution is 2.22. The van der Waals surface area contributed by atoms with Gasteiger partial charge < -0.3 is 5.32 Å². The zero-order valence-corrected chi connectivity index (χ0v) is 12.4. The number of halogens is 1. The first-order valence-corrected chi connectivity index (χ1v) is 7.53. The van der Waals surface area contributed by atoms with Gasteiger partial charge in [-0.3, -0.25) is 4.68 Å². The summed E-state index contributed by atoms with van der Waals surface area (Å²) in [5, 5.41) is 7.64. The lowest BCUT2D eigenvalue weighted by atomic mass is 10.2. The predicted molar refractivity (Wildman–Crippen MR) is 84.4 cm³/mol. The van der Waals surface area contributed by atoms with Gasteiger partial charge in [0.1, 0.15) is 0 Å². The van der Waals surface area contributed by atoms with Crippen LogP contribution in [0.3, 0.4) is 0 Å². The van der Waals surface area contributed by atoms with Crippen LogP contribution in [0.25, 0.3) is 0 Å². The molecule has 1 aromatic carbocycles. The number of benzene rings is 1. The summed E-state index contributed by atoms with van der Waals surface area (Å²) in [7, 11) is 0. The molecule has 0 radical (unpaired) electrons. The van der Waals surface area contributed by atoms with E-state index in [0.717, 1.165) is 23.1 Å². The molecule has 0 aliphatic heterocycles. The van der Waals surface area contributed by atoms with Crippen LogP contribution in [0.1, 0.15) is 10.4 Å². The number of rotatable bonds is 5. The van der Waals surface area contributed by atoms with Crippen molar-refractivity contribution in [3.8, 4) is 0 Å². The quantitative estimate of drug-likeness (QED) is 0.763. The van der Waals surface area contributed by atoms with Crippen LogP contribution in [0.2, 0.25) is 4.34 Å². The first-order valence-electron chi connectivity index (χ1n) is 6.34. The first-order chi connectivity index (χ1) is 9.79. The average Bonchev–Trinajstić information content (AvgIpc) is 3.09. The fourth-order valence-electron chi connectivity index (χ4n) is 2.00. The molecule has 20 heavy (non-hydrogen) atoms. The van der Waals surface area contributed by atoms with Gasteiger partial charge in [-0.25, -0.2) is 0 Å². The second-order valence-corrected chi connectivity index (χ2v) is 6.26. The lowest BCUT2D eigenvalue weighted by Crippen LogP contribution is -2.02. The first kappa shape index (κ1) is 13.2. The highest BCUT2D eigenvalue weighted by molar-refractivity contribution is 7.16. The summed E-state index contributed by atoms with van der Waals surface area (Å²) in [6, 6.07) is 14.3. The van der Waals surface area contributed by atoms with Crippen LogP contribution < -0.4 is 5.32 Å². The molecular weight excluding hydrogens is 290 g/mol. The lowest BCUT2D eigenvalue weighted by Gasteiger charge is -2.08. The Balaban J connectivity index is 1.65. The third-order valence-corrected chi connectivity index (χ3v) is 4.16. The number of hydrogen-bond acceptors (Lipinski definition) is 3. The summed E-state index contributed by atoms with van der Waals surface area (Å²) in [5.74, 6) is 0. The molecule has 3 rings (SSSR count). The van der Waals surface area contributed by atoms with E-state index in [9.17, 15) is 0 Å². The molecule has 0 spiro atoms. The van der Waals surface area contributed by atoms with Crippen LogP contribution in [0.5, 0.6) is 0 Å². The fourth-order valence-corrected chi connectivity index (χ4v) is 3.02. The number of thiophene rings is 1. The molecule has 3 aromatic rings. The predicted octanol–water partition coefficient (Wildman–Crippen LogP) is 4.26. The minimum absolute atomic E-state index is 0.785. The van der Waals surface area contributed by atoms with E-state index in [1.807, 2.05) is 29.1 Å². The minimum Gasteiger partial charge on any atom is -0.380 e. The van der Waals surface area contributed by atoms with Crippen LogP contribution in [0, 0.1) is 0 Å². The van der Waals surface area contributed by atoms with Crippen molar-refractivity contribution in [1.29, 1.82) is 0 Å². The van der Waals surface area contributed by atoms with E-state index in [1.54, 1.807) is 17.5 Å². The van der Waals surface area contributed by atoms with E-state index in [0.29, 0.717) is 0 Å². The number of nitrogens with zero attached hydrogens (tertiary/aromatic N) is 2. The van der Waals surface area contributed by atoms with Crippen molar-refractivity contribution in [3.63, 3.8) is 0 Å². The second kappa shape index (κ2) is 6.11. The van der Waals surface area contributed by atoms with Crippen LogP contribution in [0.4, 0.5) is 5.69 Å². The normalized spacial score (nSPS) is 10.7. The zero-order valence-electron chi connectivity index (χ0n) is 10.8. The molecular formula is C15H14ClN3S. The smallest absolute Gasteiger partial charge is 0.0931 e. The summed E-state index contributed by atoms with van der Waals surface area (Å²) < 4.78 is 2.74. The van der Waals surface area contributed by atoms with Crippen molar-refractivity contribution in [2.75, 3.05) is 5.32 Å². The molecule has 2 heterocycles. The Morgan fingerprint density at radius 1 is 1.20 bits per heavy atom. The molecule has 0 bridgehead atoms. The Morgan fingerprint density at radius 3 is 2.90 bits per heavy atom. The SMILES string of the molecule is Clc1ccc(CNc2cccc(Cn3cccn3)c2)s1.